The number of carbonyl (C=O) groups excluding carboxylic acids is 2. The molecule has 6 nitrogen and oxygen atoms in total. The highest BCUT2D eigenvalue weighted by atomic mass is 16.4. The summed E-state index contributed by atoms with van der Waals surface area (Å²) in [6, 6.07) is 8.49. The standard InChI is InChI=1S/C18H22N2O4/c1-18(11-13(16(22)23)12-7-4-3-5-8-12)17(24)20-10-6-9-14(20)15(21)19(18)2/h3-5,7-8,13-14H,6,9-11H2,1-2H3,(H,22,23). The molecule has 0 aliphatic carbocycles. The molecule has 2 aliphatic heterocycles. The van der Waals surface area contributed by atoms with Crippen LogP contribution in [0.15, 0.2) is 30.3 Å². The summed E-state index contributed by atoms with van der Waals surface area (Å²) in [6.45, 7) is 2.25. The van der Waals surface area contributed by atoms with Crippen LogP contribution < -0.4 is 0 Å². The van der Waals surface area contributed by atoms with Crippen LogP contribution in [0, 0.1) is 0 Å². The van der Waals surface area contributed by atoms with Crippen molar-refractivity contribution in [3.8, 4) is 0 Å². The molecule has 2 fully saturated rings. The smallest absolute Gasteiger partial charge is 0.311 e. The largest absolute Gasteiger partial charge is 0.481 e. The lowest BCUT2D eigenvalue weighted by atomic mass is 9.81. The van der Waals surface area contributed by atoms with Crippen LogP contribution in [-0.4, -0.2) is 57.9 Å². The van der Waals surface area contributed by atoms with Gasteiger partial charge in [0.05, 0.1) is 5.92 Å². The number of piperazine rings is 1. The Morgan fingerprint density at radius 1 is 1.33 bits per heavy atom. The molecule has 2 aliphatic rings. The van der Waals surface area contributed by atoms with E-state index in [1.165, 1.54) is 4.90 Å². The number of nitrogens with zero attached hydrogens (tertiary/aromatic N) is 2. The number of carboxylic acids is 1. The maximum Gasteiger partial charge on any atom is 0.311 e. The number of hydrogen-bond acceptors (Lipinski definition) is 3. The molecule has 3 unspecified atom stereocenters. The predicted molar refractivity (Wildman–Crippen MR) is 87.3 cm³/mol. The van der Waals surface area contributed by atoms with Gasteiger partial charge >= 0.3 is 5.97 Å². The minimum Gasteiger partial charge on any atom is -0.481 e. The average Bonchev–Trinajstić information content (AvgIpc) is 3.06. The Balaban J connectivity index is 1.95. The molecule has 0 radical (unpaired) electrons. The average molecular weight is 330 g/mol. The van der Waals surface area contributed by atoms with Gasteiger partial charge in [-0.25, -0.2) is 0 Å². The van der Waals surface area contributed by atoms with Crippen LogP contribution >= 0.6 is 0 Å². The molecule has 1 aromatic carbocycles. The van der Waals surface area contributed by atoms with Gasteiger partial charge in [0.25, 0.3) is 0 Å². The van der Waals surface area contributed by atoms with E-state index in [1.54, 1.807) is 43.1 Å². The van der Waals surface area contributed by atoms with Crippen LogP contribution in [0.2, 0.25) is 0 Å². The number of hydrogen-bond donors (Lipinski definition) is 1. The third-order valence-corrected chi connectivity index (χ3v) is 5.43. The van der Waals surface area contributed by atoms with Crippen molar-refractivity contribution in [2.24, 2.45) is 0 Å². The van der Waals surface area contributed by atoms with Crippen molar-refractivity contribution in [1.29, 1.82) is 0 Å². The lowest BCUT2D eigenvalue weighted by Crippen LogP contribution is -2.68. The van der Waals surface area contributed by atoms with Gasteiger partial charge in [-0.3, -0.25) is 14.4 Å². The number of aliphatic carboxylic acids is 1. The van der Waals surface area contributed by atoms with Crippen molar-refractivity contribution >= 4 is 17.8 Å². The van der Waals surface area contributed by atoms with Gasteiger partial charge in [0.15, 0.2) is 0 Å². The zero-order valence-corrected chi connectivity index (χ0v) is 13.9. The topological polar surface area (TPSA) is 77.9 Å². The number of likely N-dealkylation sites (N-methyl/N-ethyl adjacent to an activating group) is 1. The normalized spacial score (nSPS) is 28.0. The Kier molecular flexibility index (Phi) is 4.07. The van der Waals surface area contributed by atoms with Crippen molar-refractivity contribution in [3.63, 3.8) is 0 Å². The number of fused-ring (bicyclic) bond motifs is 1. The molecule has 2 heterocycles. The summed E-state index contributed by atoms with van der Waals surface area (Å²) < 4.78 is 0. The second-order valence-electron chi connectivity index (χ2n) is 6.83. The van der Waals surface area contributed by atoms with Crippen molar-refractivity contribution < 1.29 is 19.5 Å². The van der Waals surface area contributed by atoms with E-state index in [-0.39, 0.29) is 24.3 Å². The first kappa shape index (κ1) is 16.5. The van der Waals surface area contributed by atoms with E-state index in [2.05, 4.69) is 0 Å². The monoisotopic (exact) mass is 330 g/mol. The Hall–Kier alpha value is -2.37. The number of rotatable bonds is 4. The van der Waals surface area contributed by atoms with Gasteiger partial charge in [0.1, 0.15) is 11.6 Å². The highest BCUT2D eigenvalue weighted by molar-refractivity contribution is 6.00. The quantitative estimate of drug-likeness (QED) is 0.907. The van der Waals surface area contributed by atoms with E-state index in [4.69, 9.17) is 0 Å². The molecule has 2 amide bonds. The van der Waals surface area contributed by atoms with Gasteiger partial charge in [0.2, 0.25) is 11.8 Å². The molecule has 1 N–H and O–H groups in total. The third-order valence-electron chi connectivity index (χ3n) is 5.43. The van der Waals surface area contributed by atoms with Crippen molar-refractivity contribution in [3.05, 3.63) is 35.9 Å². The van der Waals surface area contributed by atoms with Crippen LogP contribution in [0.5, 0.6) is 0 Å². The summed E-state index contributed by atoms with van der Waals surface area (Å²) in [6.07, 6.45) is 1.57. The highest BCUT2D eigenvalue weighted by Crippen LogP contribution is 2.38. The second-order valence-corrected chi connectivity index (χ2v) is 6.83. The van der Waals surface area contributed by atoms with E-state index in [0.717, 1.165) is 6.42 Å². The Morgan fingerprint density at radius 3 is 2.62 bits per heavy atom. The van der Waals surface area contributed by atoms with E-state index < -0.39 is 17.4 Å². The maximum atomic E-state index is 13.0. The molecule has 3 atom stereocenters. The van der Waals surface area contributed by atoms with Crippen LogP contribution in [0.25, 0.3) is 0 Å². The highest BCUT2D eigenvalue weighted by Gasteiger charge is 2.54. The van der Waals surface area contributed by atoms with Gasteiger partial charge in [0, 0.05) is 13.6 Å². The number of carbonyl (C=O) groups is 3. The minimum atomic E-state index is -1.14. The molecule has 0 saturated carbocycles. The molecule has 1 aromatic rings. The molecule has 6 heteroatoms. The second kappa shape index (κ2) is 5.92. The van der Waals surface area contributed by atoms with E-state index in [0.29, 0.717) is 18.5 Å². The predicted octanol–water partition coefficient (Wildman–Crippen LogP) is 1.47. The van der Waals surface area contributed by atoms with Crippen LogP contribution in [0.4, 0.5) is 0 Å². The molecule has 0 bridgehead atoms. The van der Waals surface area contributed by atoms with E-state index in [9.17, 15) is 19.5 Å². The molecule has 0 aromatic heterocycles. The lowest BCUT2D eigenvalue weighted by molar-refractivity contribution is -0.167. The molecular weight excluding hydrogens is 308 g/mol. The number of amides is 2. The first-order chi connectivity index (χ1) is 11.4. The number of carboxylic acid groups (broad SMARTS) is 1. The summed E-state index contributed by atoms with van der Waals surface area (Å²) in [5.74, 6) is -2.06. The molecule has 0 spiro atoms. The van der Waals surface area contributed by atoms with E-state index in [1.807, 2.05) is 6.07 Å². The van der Waals surface area contributed by atoms with Crippen LogP contribution in [-0.2, 0) is 14.4 Å². The van der Waals surface area contributed by atoms with Gasteiger partial charge < -0.3 is 14.9 Å². The SMILES string of the molecule is CN1C(=O)C2CCCN2C(=O)C1(C)CC(C(=O)O)c1ccccc1. The first-order valence-electron chi connectivity index (χ1n) is 8.23. The summed E-state index contributed by atoms with van der Waals surface area (Å²) >= 11 is 0. The first-order valence-corrected chi connectivity index (χ1v) is 8.23. The molecule has 3 rings (SSSR count). The summed E-state index contributed by atoms with van der Waals surface area (Å²) in [5.41, 5.74) is -0.500. The molecule has 2 saturated heterocycles. The van der Waals surface area contributed by atoms with Crippen LogP contribution in [0.3, 0.4) is 0 Å². The fraction of sp³-hybridized carbons (Fsp3) is 0.500. The fourth-order valence-electron chi connectivity index (χ4n) is 3.84. The Labute approximate surface area is 141 Å². The van der Waals surface area contributed by atoms with Crippen molar-refractivity contribution in [1.82, 2.24) is 9.80 Å². The molecule has 24 heavy (non-hydrogen) atoms. The Morgan fingerprint density at radius 2 is 2.00 bits per heavy atom. The minimum absolute atomic E-state index is 0.0661. The zero-order valence-electron chi connectivity index (χ0n) is 13.9. The molecular formula is C18H22N2O4. The lowest BCUT2D eigenvalue weighted by Gasteiger charge is -2.48. The summed E-state index contributed by atoms with van der Waals surface area (Å²) in [5, 5.41) is 9.67. The zero-order chi connectivity index (χ0) is 17.5. The number of benzene rings is 1. The van der Waals surface area contributed by atoms with Crippen LogP contribution in [0.1, 0.15) is 37.7 Å². The third kappa shape index (κ3) is 2.46. The van der Waals surface area contributed by atoms with E-state index >= 15 is 0 Å². The van der Waals surface area contributed by atoms with Gasteiger partial charge in [-0.2, -0.15) is 0 Å². The van der Waals surface area contributed by atoms with Crippen molar-refractivity contribution in [2.75, 3.05) is 13.6 Å². The van der Waals surface area contributed by atoms with Gasteiger partial charge in [-0.15, -0.1) is 0 Å². The van der Waals surface area contributed by atoms with Crippen molar-refractivity contribution in [2.45, 2.75) is 43.7 Å². The van der Waals surface area contributed by atoms with Gasteiger partial charge in [-0.1, -0.05) is 30.3 Å². The maximum absolute atomic E-state index is 13.0. The summed E-state index contributed by atoms with van der Waals surface area (Å²) in [4.78, 5) is 40.6. The molecule has 128 valence electrons. The summed E-state index contributed by atoms with van der Waals surface area (Å²) in [7, 11) is 1.61. The fourth-order valence-corrected chi connectivity index (χ4v) is 3.84. The Bertz CT molecular complexity index is 675. The van der Waals surface area contributed by atoms with Gasteiger partial charge in [-0.05, 0) is 31.7 Å².